The third-order valence-corrected chi connectivity index (χ3v) is 4.14. The van der Waals surface area contributed by atoms with Gasteiger partial charge in [0.15, 0.2) is 6.10 Å². The second-order valence-corrected chi connectivity index (χ2v) is 5.21. The van der Waals surface area contributed by atoms with Gasteiger partial charge < -0.3 is 9.47 Å². The second-order valence-electron chi connectivity index (χ2n) is 4.04. The minimum atomic E-state index is -4.30. The minimum absolute atomic E-state index is 0.0123. The van der Waals surface area contributed by atoms with Gasteiger partial charge in [0, 0.05) is 23.6 Å². The van der Waals surface area contributed by atoms with Crippen molar-refractivity contribution in [3.05, 3.63) is 11.5 Å². The summed E-state index contributed by atoms with van der Waals surface area (Å²) in [4.78, 5) is 0.0498. The highest BCUT2D eigenvalue weighted by Crippen LogP contribution is 2.47. The third kappa shape index (κ3) is 2.04. The van der Waals surface area contributed by atoms with Crippen LogP contribution in [0.25, 0.3) is 0 Å². The summed E-state index contributed by atoms with van der Waals surface area (Å²) in [6, 6.07) is 0. The van der Waals surface area contributed by atoms with Gasteiger partial charge in [-0.15, -0.1) is 0 Å². The Kier molecular flexibility index (Phi) is 3.11. The van der Waals surface area contributed by atoms with Crippen molar-refractivity contribution in [3.63, 3.8) is 0 Å². The second kappa shape index (κ2) is 4.13. The highest BCUT2D eigenvalue weighted by molar-refractivity contribution is 9.09. The molecule has 0 aromatic heterocycles. The average Bonchev–Trinajstić information content (AvgIpc) is 2.63. The Morgan fingerprint density at radius 2 is 2.12 bits per heavy atom. The van der Waals surface area contributed by atoms with Crippen molar-refractivity contribution in [2.45, 2.75) is 36.4 Å². The Hall–Kier alpha value is -0.390. The molecule has 6 heteroatoms. The van der Waals surface area contributed by atoms with Gasteiger partial charge in [-0.1, -0.05) is 15.9 Å². The molecular weight excluding hydrogens is 289 g/mol. The zero-order valence-corrected chi connectivity index (χ0v) is 10.3. The van der Waals surface area contributed by atoms with Crippen LogP contribution in [-0.4, -0.2) is 24.2 Å². The molecule has 0 aromatic rings. The Labute approximate surface area is 99.9 Å². The maximum absolute atomic E-state index is 12.6. The normalized spacial score (nSPS) is 34.7. The van der Waals surface area contributed by atoms with Crippen LogP contribution in [0.3, 0.4) is 0 Å². The summed E-state index contributed by atoms with van der Waals surface area (Å²) >= 11 is 3.41. The van der Waals surface area contributed by atoms with Gasteiger partial charge in [-0.2, -0.15) is 13.2 Å². The molecule has 1 aliphatic carbocycles. The minimum Gasteiger partial charge on any atom is -0.498 e. The van der Waals surface area contributed by atoms with Crippen molar-refractivity contribution in [1.82, 2.24) is 0 Å². The van der Waals surface area contributed by atoms with E-state index < -0.39 is 12.3 Å². The van der Waals surface area contributed by atoms with Gasteiger partial charge in [0.2, 0.25) is 0 Å². The number of methoxy groups -OCH3 is 1. The van der Waals surface area contributed by atoms with Crippen molar-refractivity contribution in [2.24, 2.45) is 5.92 Å². The molecule has 0 saturated carbocycles. The lowest BCUT2D eigenvalue weighted by atomic mass is 9.90. The molecule has 0 spiro atoms. The number of alkyl halides is 4. The van der Waals surface area contributed by atoms with Gasteiger partial charge in [-0.3, -0.25) is 0 Å². The molecule has 3 atom stereocenters. The van der Waals surface area contributed by atoms with Crippen LogP contribution in [0.1, 0.15) is 19.3 Å². The van der Waals surface area contributed by atoms with E-state index >= 15 is 0 Å². The van der Waals surface area contributed by atoms with Crippen molar-refractivity contribution < 1.29 is 22.6 Å². The molecule has 1 fully saturated rings. The highest BCUT2D eigenvalue weighted by Gasteiger charge is 2.51. The lowest BCUT2D eigenvalue weighted by Gasteiger charge is -2.24. The molecule has 1 saturated heterocycles. The first-order valence-electron chi connectivity index (χ1n) is 5.08. The van der Waals surface area contributed by atoms with E-state index in [1.807, 2.05) is 0 Å². The van der Waals surface area contributed by atoms with Crippen LogP contribution in [0.2, 0.25) is 0 Å². The quantitative estimate of drug-likeness (QED) is 0.691. The maximum Gasteiger partial charge on any atom is 0.425 e. The zero-order valence-electron chi connectivity index (χ0n) is 8.68. The lowest BCUT2D eigenvalue weighted by molar-refractivity contribution is -0.200. The van der Waals surface area contributed by atoms with E-state index in [0.717, 1.165) is 6.42 Å². The van der Waals surface area contributed by atoms with E-state index in [9.17, 15) is 13.2 Å². The first-order valence-corrected chi connectivity index (χ1v) is 5.99. The lowest BCUT2D eigenvalue weighted by Crippen LogP contribution is -2.28. The molecule has 0 bridgehead atoms. The van der Waals surface area contributed by atoms with Crippen LogP contribution in [0.4, 0.5) is 13.2 Å². The number of rotatable bonds is 1. The van der Waals surface area contributed by atoms with E-state index in [-0.39, 0.29) is 17.2 Å². The van der Waals surface area contributed by atoms with Crippen LogP contribution in [0.15, 0.2) is 11.5 Å². The van der Waals surface area contributed by atoms with E-state index in [1.54, 1.807) is 0 Å². The molecule has 2 nitrogen and oxygen atoms in total. The summed E-state index contributed by atoms with van der Waals surface area (Å²) in [5.41, 5.74) is 0. The van der Waals surface area contributed by atoms with Gasteiger partial charge in [0.05, 0.1) is 7.11 Å². The molecule has 0 N–H and O–H groups in total. The Bertz CT molecular complexity index is 314. The van der Waals surface area contributed by atoms with Crippen LogP contribution in [0, 0.1) is 5.92 Å². The van der Waals surface area contributed by atoms with Gasteiger partial charge >= 0.3 is 6.18 Å². The van der Waals surface area contributed by atoms with Gasteiger partial charge in [-0.05, 0) is 6.42 Å². The molecule has 0 amide bonds. The number of allylic oxidation sites excluding steroid dienone is 2. The highest BCUT2D eigenvalue weighted by atomic mass is 79.9. The number of hydrogen-bond acceptors (Lipinski definition) is 2. The molecule has 92 valence electrons. The van der Waals surface area contributed by atoms with Crippen LogP contribution >= 0.6 is 15.9 Å². The van der Waals surface area contributed by atoms with Crippen molar-refractivity contribution in [2.75, 3.05) is 7.11 Å². The number of halogens is 4. The monoisotopic (exact) mass is 300 g/mol. The fourth-order valence-corrected chi connectivity index (χ4v) is 2.89. The average molecular weight is 301 g/mol. The smallest absolute Gasteiger partial charge is 0.425 e. The summed E-state index contributed by atoms with van der Waals surface area (Å²) in [5, 5.41) is 0. The van der Waals surface area contributed by atoms with Crippen molar-refractivity contribution >= 4 is 15.9 Å². The maximum atomic E-state index is 12.6. The van der Waals surface area contributed by atoms with E-state index in [1.165, 1.54) is 7.11 Å². The third-order valence-electron chi connectivity index (χ3n) is 3.04. The SMILES string of the molecule is COC1=C2OC(C(F)(F)F)CC2C(Br)CC1. The van der Waals surface area contributed by atoms with Crippen molar-refractivity contribution in [1.29, 1.82) is 0 Å². The summed E-state index contributed by atoms with van der Waals surface area (Å²) < 4.78 is 47.7. The largest absolute Gasteiger partial charge is 0.498 e. The van der Waals surface area contributed by atoms with Gasteiger partial charge in [0.1, 0.15) is 11.5 Å². The predicted octanol–water partition coefficient (Wildman–Crippen LogP) is 3.37. The summed E-state index contributed by atoms with van der Waals surface area (Å²) in [5.74, 6) is 0.737. The van der Waals surface area contributed by atoms with Crippen LogP contribution < -0.4 is 0 Å². The first-order chi connectivity index (χ1) is 7.43. The molecule has 0 radical (unpaired) electrons. The van der Waals surface area contributed by atoms with E-state index in [0.29, 0.717) is 17.9 Å². The summed E-state index contributed by atoms with van der Waals surface area (Å²) in [6.07, 6.45) is -4.58. The first kappa shape index (κ1) is 12.1. The van der Waals surface area contributed by atoms with Crippen LogP contribution in [0.5, 0.6) is 0 Å². The van der Waals surface area contributed by atoms with E-state index in [2.05, 4.69) is 15.9 Å². The molecular formula is C10H12BrF3O2. The van der Waals surface area contributed by atoms with Gasteiger partial charge in [-0.25, -0.2) is 0 Å². The summed E-state index contributed by atoms with van der Waals surface area (Å²) in [7, 11) is 1.47. The molecule has 16 heavy (non-hydrogen) atoms. The standard InChI is InChI=1S/C10H12BrF3O2/c1-15-7-3-2-6(11)5-4-8(10(12,13)14)16-9(5)7/h5-6,8H,2-4H2,1H3. The fraction of sp³-hybridized carbons (Fsp3) is 0.800. The van der Waals surface area contributed by atoms with E-state index in [4.69, 9.17) is 9.47 Å². The molecule has 1 heterocycles. The fourth-order valence-electron chi connectivity index (χ4n) is 2.21. The number of fused-ring (bicyclic) bond motifs is 1. The Morgan fingerprint density at radius 1 is 1.44 bits per heavy atom. The molecule has 3 unspecified atom stereocenters. The number of hydrogen-bond donors (Lipinski definition) is 0. The molecule has 2 rings (SSSR count). The molecule has 2 aliphatic rings. The topological polar surface area (TPSA) is 18.5 Å². The Morgan fingerprint density at radius 3 is 2.69 bits per heavy atom. The zero-order chi connectivity index (χ0) is 11.9. The predicted molar refractivity (Wildman–Crippen MR) is 55.0 cm³/mol. The van der Waals surface area contributed by atoms with Crippen LogP contribution in [-0.2, 0) is 9.47 Å². The Balaban J connectivity index is 2.24. The molecule has 1 aliphatic heterocycles. The summed E-state index contributed by atoms with van der Waals surface area (Å²) in [6.45, 7) is 0. The van der Waals surface area contributed by atoms with Gasteiger partial charge in [0.25, 0.3) is 0 Å². The number of ether oxygens (including phenoxy) is 2. The molecule has 0 aromatic carbocycles. The van der Waals surface area contributed by atoms with Crippen molar-refractivity contribution in [3.8, 4) is 0 Å².